The number of carbonyl (C=O) groups is 2. The van der Waals surface area contributed by atoms with Crippen molar-refractivity contribution in [1.82, 2.24) is 15.1 Å². The van der Waals surface area contributed by atoms with E-state index < -0.39 is 11.9 Å². The normalized spacial score (nSPS) is 30.7. The second-order valence-corrected chi connectivity index (χ2v) is 6.75. The molecule has 0 aliphatic heterocycles. The van der Waals surface area contributed by atoms with Crippen LogP contribution >= 0.6 is 0 Å². The molecule has 2 saturated carbocycles. The van der Waals surface area contributed by atoms with Crippen molar-refractivity contribution in [2.24, 2.45) is 17.8 Å². The van der Waals surface area contributed by atoms with Crippen LogP contribution in [0.25, 0.3) is 0 Å². The Morgan fingerprint density at radius 1 is 1.14 bits per heavy atom. The van der Waals surface area contributed by atoms with Crippen LogP contribution in [-0.2, 0) is 4.79 Å². The highest BCUT2D eigenvalue weighted by Gasteiger charge is 2.51. The molecule has 2 bridgehead atoms. The van der Waals surface area contributed by atoms with Crippen molar-refractivity contribution in [1.29, 1.82) is 0 Å². The van der Waals surface area contributed by atoms with Crippen molar-refractivity contribution in [2.75, 3.05) is 34.2 Å². The lowest BCUT2D eigenvalue weighted by Gasteiger charge is -2.30. The Bertz CT molecular complexity index is 400. The number of carbonyl (C=O) groups excluding carboxylic acids is 1. The van der Waals surface area contributed by atoms with Gasteiger partial charge in [-0.2, -0.15) is 0 Å². The molecule has 0 radical (unpaired) electrons. The Morgan fingerprint density at radius 3 is 2.43 bits per heavy atom. The van der Waals surface area contributed by atoms with Gasteiger partial charge in [-0.15, -0.1) is 0 Å². The molecule has 2 aliphatic rings. The molecule has 0 saturated heterocycles. The van der Waals surface area contributed by atoms with Gasteiger partial charge in [0.25, 0.3) is 0 Å². The average molecular weight is 297 g/mol. The minimum Gasteiger partial charge on any atom is -0.481 e. The van der Waals surface area contributed by atoms with E-state index in [9.17, 15) is 14.7 Å². The molecule has 0 aromatic heterocycles. The molecular weight excluding hydrogens is 270 g/mol. The van der Waals surface area contributed by atoms with E-state index in [-0.39, 0.29) is 18.0 Å². The van der Waals surface area contributed by atoms with E-state index in [1.807, 2.05) is 14.1 Å². The quantitative estimate of drug-likeness (QED) is 0.769. The fourth-order valence-corrected chi connectivity index (χ4v) is 3.83. The molecule has 2 rings (SSSR count). The second-order valence-electron chi connectivity index (χ2n) is 6.75. The topological polar surface area (TPSA) is 72.9 Å². The minimum atomic E-state index is -0.761. The Morgan fingerprint density at radius 2 is 1.81 bits per heavy atom. The summed E-state index contributed by atoms with van der Waals surface area (Å²) in [5.74, 6) is -0.572. The van der Waals surface area contributed by atoms with Crippen LogP contribution in [-0.4, -0.2) is 67.2 Å². The number of carboxylic acid groups (broad SMARTS) is 1. The minimum absolute atomic E-state index is 0.141. The summed E-state index contributed by atoms with van der Waals surface area (Å²) in [6, 6.07) is -0.331. The van der Waals surface area contributed by atoms with Crippen LogP contribution in [0.4, 0.5) is 4.79 Å². The van der Waals surface area contributed by atoms with Gasteiger partial charge in [-0.1, -0.05) is 0 Å². The van der Waals surface area contributed by atoms with Crippen LogP contribution < -0.4 is 5.32 Å². The van der Waals surface area contributed by atoms with Gasteiger partial charge in [0.15, 0.2) is 0 Å². The molecule has 4 atom stereocenters. The number of rotatable bonds is 6. The van der Waals surface area contributed by atoms with Gasteiger partial charge in [0, 0.05) is 19.6 Å². The lowest BCUT2D eigenvalue weighted by molar-refractivity contribution is -0.144. The number of amides is 2. The molecule has 0 aromatic rings. The molecule has 2 N–H and O–H groups in total. The Hall–Kier alpha value is -1.30. The van der Waals surface area contributed by atoms with Crippen LogP contribution in [0.1, 0.15) is 25.7 Å². The molecule has 0 aromatic carbocycles. The van der Waals surface area contributed by atoms with Crippen LogP contribution in [0.5, 0.6) is 0 Å². The number of hydrogen-bond donors (Lipinski definition) is 2. The summed E-state index contributed by atoms with van der Waals surface area (Å²) in [5, 5.41) is 12.4. The van der Waals surface area contributed by atoms with Crippen molar-refractivity contribution in [3.63, 3.8) is 0 Å². The summed E-state index contributed by atoms with van der Waals surface area (Å²) in [7, 11) is 5.79. The fraction of sp³-hybridized carbons (Fsp3) is 0.867. The summed E-state index contributed by atoms with van der Waals surface area (Å²) in [6.45, 7) is 1.62. The highest BCUT2D eigenvalue weighted by Crippen LogP contribution is 2.48. The third-order valence-corrected chi connectivity index (χ3v) is 4.94. The van der Waals surface area contributed by atoms with Gasteiger partial charge in [0.05, 0.1) is 5.92 Å². The average Bonchev–Trinajstić information content (AvgIpc) is 2.98. The van der Waals surface area contributed by atoms with Gasteiger partial charge in [0.2, 0.25) is 0 Å². The van der Waals surface area contributed by atoms with E-state index in [2.05, 4.69) is 10.2 Å². The smallest absolute Gasteiger partial charge is 0.317 e. The first kappa shape index (κ1) is 16.1. The fourth-order valence-electron chi connectivity index (χ4n) is 3.83. The maximum Gasteiger partial charge on any atom is 0.317 e. The van der Waals surface area contributed by atoms with Crippen LogP contribution in [0.3, 0.4) is 0 Å². The van der Waals surface area contributed by atoms with Gasteiger partial charge in [-0.25, -0.2) is 4.79 Å². The number of urea groups is 1. The molecule has 21 heavy (non-hydrogen) atoms. The molecule has 2 aliphatic carbocycles. The lowest BCUT2D eigenvalue weighted by Crippen LogP contribution is -2.50. The van der Waals surface area contributed by atoms with Gasteiger partial charge in [-0.3, -0.25) is 4.79 Å². The summed E-state index contributed by atoms with van der Waals surface area (Å²) < 4.78 is 0. The number of nitrogens with one attached hydrogen (secondary N) is 1. The summed E-state index contributed by atoms with van der Waals surface area (Å²) >= 11 is 0. The molecule has 120 valence electrons. The Balaban J connectivity index is 1.85. The number of hydrogen-bond acceptors (Lipinski definition) is 3. The predicted molar refractivity (Wildman–Crippen MR) is 80.1 cm³/mol. The van der Waals surface area contributed by atoms with Gasteiger partial charge >= 0.3 is 12.0 Å². The zero-order valence-corrected chi connectivity index (χ0v) is 13.2. The number of fused-ring (bicyclic) bond motifs is 2. The molecule has 0 heterocycles. The van der Waals surface area contributed by atoms with Crippen molar-refractivity contribution in [3.05, 3.63) is 0 Å². The number of aliphatic carboxylic acids is 1. The van der Waals surface area contributed by atoms with Crippen molar-refractivity contribution in [3.8, 4) is 0 Å². The van der Waals surface area contributed by atoms with Gasteiger partial charge in [0.1, 0.15) is 0 Å². The summed E-state index contributed by atoms with van der Waals surface area (Å²) in [5.41, 5.74) is 0. The molecular formula is C15H27N3O3. The van der Waals surface area contributed by atoms with Crippen LogP contribution in [0.2, 0.25) is 0 Å². The second kappa shape index (κ2) is 6.64. The molecule has 2 amide bonds. The molecule has 2 fully saturated rings. The first-order valence-electron chi connectivity index (χ1n) is 7.79. The Kier molecular flexibility index (Phi) is 5.08. The predicted octanol–water partition coefficient (Wildman–Crippen LogP) is 1.08. The molecule has 0 spiro atoms. The van der Waals surface area contributed by atoms with E-state index in [0.29, 0.717) is 12.5 Å². The van der Waals surface area contributed by atoms with Crippen LogP contribution in [0, 0.1) is 17.8 Å². The highest BCUT2D eigenvalue weighted by atomic mass is 16.4. The van der Waals surface area contributed by atoms with E-state index in [1.165, 1.54) is 0 Å². The lowest BCUT2D eigenvalue weighted by atomic mass is 9.84. The standard InChI is InChI=1S/C15H27N3O3/c1-17(2)7-4-8-18(3)15(21)16-13-11-6-5-10(9-11)12(13)14(19)20/h10-13H,4-9H2,1-3H3,(H,16,21)(H,19,20). The third-order valence-electron chi connectivity index (χ3n) is 4.94. The largest absolute Gasteiger partial charge is 0.481 e. The van der Waals surface area contributed by atoms with E-state index in [1.54, 1.807) is 11.9 Å². The van der Waals surface area contributed by atoms with Crippen molar-refractivity contribution < 1.29 is 14.7 Å². The monoisotopic (exact) mass is 297 g/mol. The third kappa shape index (κ3) is 3.67. The zero-order valence-electron chi connectivity index (χ0n) is 13.2. The molecule has 6 heteroatoms. The molecule has 4 unspecified atom stereocenters. The van der Waals surface area contributed by atoms with Gasteiger partial charge < -0.3 is 20.2 Å². The highest BCUT2D eigenvalue weighted by molar-refractivity contribution is 5.77. The first-order chi connectivity index (χ1) is 9.90. The maximum atomic E-state index is 12.2. The Labute approximate surface area is 126 Å². The number of nitrogens with zero attached hydrogens (tertiary/aromatic N) is 2. The first-order valence-corrected chi connectivity index (χ1v) is 7.79. The van der Waals surface area contributed by atoms with Crippen molar-refractivity contribution in [2.45, 2.75) is 31.7 Å². The van der Waals surface area contributed by atoms with E-state index in [4.69, 9.17) is 0 Å². The molecule has 6 nitrogen and oxygen atoms in total. The summed E-state index contributed by atoms with van der Waals surface area (Å²) in [6.07, 6.45) is 3.90. The number of carboxylic acids is 1. The van der Waals surface area contributed by atoms with Crippen molar-refractivity contribution >= 4 is 12.0 Å². The van der Waals surface area contributed by atoms with Crippen LogP contribution in [0.15, 0.2) is 0 Å². The maximum absolute atomic E-state index is 12.2. The SMILES string of the molecule is CN(C)CCCN(C)C(=O)NC1C2CCC(C2)C1C(=O)O. The van der Waals surface area contributed by atoms with E-state index >= 15 is 0 Å². The summed E-state index contributed by atoms with van der Waals surface area (Å²) in [4.78, 5) is 27.4. The zero-order chi connectivity index (χ0) is 15.6. The van der Waals surface area contributed by atoms with E-state index in [0.717, 1.165) is 32.2 Å². The van der Waals surface area contributed by atoms with Gasteiger partial charge in [-0.05, 0) is 58.2 Å².